The highest BCUT2D eigenvalue weighted by atomic mass is 16.5. The van der Waals surface area contributed by atoms with E-state index in [1.807, 2.05) is 30.3 Å². The number of aliphatic hydroxyl groups is 1. The van der Waals surface area contributed by atoms with Crippen molar-refractivity contribution in [2.24, 2.45) is 4.99 Å². The molecule has 1 heterocycles. The first kappa shape index (κ1) is 19.7. The third kappa shape index (κ3) is 6.65. The van der Waals surface area contributed by atoms with Crippen LogP contribution in [0.2, 0.25) is 0 Å². The van der Waals surface area contributed by atoms with Crippen molar-refractivity contribution in [2.75, 3.05) is 52.5 Å². The van der Waals surface area contributed by atoms with Gasteiger partial charge in [-0.3, -0.25) is 9.89 Å². The van der Waals surface area contributed by atoms with Gasteiger partial charge in [-0.25, -0.2) is 0 Å². The lowest BCUT2D eigenvalue weighted by atomic mass is 10.0. The third-order valence-corrected chi connectivity index (χ3v) is 4.53. The Hall–Kier alpha value is -1.63. The molecule has 1 aromatic carbocycles. The van der Waals surface area contributed by atoms with Gasteiger partial charge in [0.15, 0.2) is 5.96 Å². The van der Waals surface area contributed by atoms with Crippen molar-refractivity contribution < 1.29 is 9.84 Å². The highest BCUT2D eigenvalue weighted by Gasteiger charge is 2.17. The number of morpholine rings is 1. The number of nitrogens with one attached hydrogen (secondary N) is 2. The molecule has 0 spiro atoms. The molecule has 6 nitrogen and oxygen atoms in total. The Bertz CT molecular complexity index is 503. The SMILES string of the molecule is CCNC(=NCC(C)N1CCOCC1)NCC(CO)c1ccccc1. The van der Waals surface area contributed by atoms with Crippen LogP contribution in [-0.2, 0) is 4.74 Å². The van der Waals surface area contributed by atoms with Crippen molar-refractivity contribution in [3.05, 3.63) is 35.9 Å². The Morgan fingerprint density at radius 1 is 1.24 bits per heavy atom. The number of hydrogen-bond acceptors (Lipinski definition) is 4. The van der Waals surface area contributed by atoms with Crippen LogP contribution in [0.15, 0.2) is 35.3 Å². The van der Waals surface area contributed by atoms with E-state index < -0.39 is 0 Å². The summed E-state index contributed by atoms with van der Waals surface area (Å²) in [5.41, 5.74) is 1.13. The summed E-state index contributed by atoms with van der Waals surface area (Å²) >= 11 is 0. The Morgan fingerprint density at radius 3 is 2.60 bits per heavy atom. The van der Waals surface area contributed by atoms with Crippen molar-refractivity contribution in [3.8, 4) is 0 Å². The Kier molecular flexibility index (Phi) is 8.72. The van der Waals surface area contributed by atoms with Crippen LogP contribution in [0, 0.1) is 0 Å². The minimum Gasteiger partial charge on any atom is -0.396 e. The lowest BCUT2D eigenvalue weighted by Crippen LogP contribution is -2.45. The molecule has 0 aliphatic carbocycles. The fourth-order valence-corrected chi connectivity index (χ4v) is 2.93. The van der Waals surface area contributed by atoms with E-state index in [2.05, 4.69) is 29.4 Å². The van der Waals surface area contributed by atoms with Gasteiger partial charge < -0.3 is 20.5 Å². The summed E-state index contributed by atoms with van der Waals surface area (Å²) in [4.78, 5) is 7.13. The minimum atomic E-state index is 0.0572. The molecule has 1 fully saturated rings. The lowest BCUT2D eigenvalue weighted by Gasteiger charge is -2.31. The van der Waals surface area contributed by atoms with Crippen LogP contribution in [0.5, 0.6) is 0 Å². The normalized spacial score (nSPS) is 18.6. The van der Waals surface area contributed by atoms with Crippen molar-refractivity contribution in [1.29, 1.82) is 0 Å². The van der Waals surface area contributed by atoms with Crippen LogP contribution in [-0.4, -0.2) is 74.6 Å². The molecular formula is C19H32N4O2. The summed E-state index contributed by atoms with van der Waals surface area (Å²) in [6.45, 7) is 10.1. The van der Waals surface area contributed by atoms with E-state index in [4.69, 9.17) is 9.73 Å². The highest BCUT2D eigenvalue weighted by Crippen LogP contribution is 2.13. The molecule has 0 radical (unpaired) electrons. The van der Waals surface area contributed by atoms with Gasteiger partial charge in [-0.2, -0.15) is 0 Å². The van der Waals surface area contributed by atoms with E-state index in [1.54, 1.807) is 0 Å². The van der Waals surface area contributed by atoms with E-state index in [1.165, 1.54) is 0 Å². The fraction of sp³-hybridized carbons (Fsp3) is 0.632. The zero-order chi connectivity index (χ0) is 17.9. The summed E-state index contributed by atoms with van der Waals surface area (Å²) < 4.78 is 5.41. The van der Waals surface area contributed by atoms with Gasteiger partial charge in [-0.05, 0) is 19.4 Å². The second kappa shape index (κ2) is 11.1. The molecule has 140 valence electrons. The van der Waals surface area contributed by atoms with Crippen molar-refractivity contribution >= 4 is 5.96 Å². The Labute approximate surface area is 151 Å². The van der Waals surface area contributed by atoms with Gasteiger partial charge in [0.2, 0.25) is 0 Å². The molecule has 6 heteroatoms. The molecule has 2 atom stereocenters. The lowest BCUT2D eigenvalue weighted by molar-refractivity contribution is 0.0220. The van der Waals surface area contributed by atoms with Crippen molar-refractivity contribution in [1.82, 2.24) is 15.5 Å². The number of aliphatic hydroxyl groups excluding tert-OH is 1. The maximum Gasteiger partial charge on any atom is 0.191 e. The average molecular weight is 348 g/mol. The van der Waals surface area contributed by atoms with Crippen LogP contribution >= 0.6 is 0 Å². The molecule has 1 aliphatic rings. The maximum atomic E-state index is 9.69. The molecule has 2 unspecified atom stereocenters. The van der Waals surface area contributed by atoms with Crippen LogP contribution in [0.1, 0.15) is 25.3 Å². The van der Waals surface area contributed by atoms with Crippen molar-refractivity contribution in [2.45, 2.75) is 25.8 Å². The van der Waals surface area contributed by atoms with Crippen LogP contribution in [0.3, 0.4) is 0 Å². The quantitative estimate of drug-likeness (QED) is 0.484. The number of aliphatic imine (C=N–C) groups is 1. The van der Waals surface area contributed by atoms with Crippen LogP contribution < -0.4 is 10.6 Å². The van der Waals surface area contributed by atoms with E-state index in [0.717, 1.165) is 50.9 Å². The zero-order valence-corrected chi connectivity index (χ0v) is 15.4. The first-order valence-electron chi connectivity index (χ1n) is 9.24. The summed E-state index contributed by atoms with van der Waals surface area (Å²) in [6, 6.07) is 10.5. The molecule has 0 aromatic heterocycles. The molecule has 1 aliphatic heterocycles. The Balaban J connectivity index is 1.88. The topological polar surface area (TPSA) is 69.1 Å². The fourth-order valence-electron chi connectivity index (χ4n) is 2.93. The van der Waals surface area contributed by atoms with Gasteiger partial charge in [0.05, 0.1) is 26.4 Å². The second-order valence-electron chi connectivity index (χ2n) is 6.39. The standard InChI is InChI=1S/C19H32N4O2/c1-3-20-19(21-13-16(2)23-9-11-25-12-10-23)22-14-18(15-24)17-7-5-4-6-8-17/h4-8,16,18,24H,3,9-15H2,1-2H3,(H2,20,21,22). The monoisotopic (exact) mass is 348 g/mol. The smallest absolute Gasteiger partial charge is 0.191 e. The number of ether oxygens (including phenoxy) is 1. The van der Waals surface area contributed by atoms with Gasteiger partial charge in [0, 0.05) is 38.1 Å². The predicted molar refractivity (Wildman–Crippen MR) is 102 cm³/mol. The maximum absolute atomic E-state index is 9.69. The van der Waals surface area contributed by atoms with E-state index >= 15 is 0 Å². The summed E-state index contributed by atoms with van der Waals surface area (Å²) in [6.07, 6.45) is 0. The number of benzene rings is 1. The third-order valence-electron chi connectivity index (χ3n) is 4.53. The molecular weight excluding hydrogens is 316 g/mol. The first-order valence-corrected chi connectivity index (χ1v) is 9.24. The van der Waals surface area contributed by atoms with Crippen LogP contribution in [0.4, 0.5) is 0 Å². The zero-order valence-electron chi connectivity index (χ0n) is 15.4. The minimum absolute atomic E-state index is 0.0572. The molecule has 1 saturated heterocycles. The second-order valence-corrected chi connectivity index (χ2v) is 6.39. The van der Waals surface area contributed by atoms with Gasteiger partial charge in [0.1, 0.15) is 0 Å². The van der Waals surface area contributed by atoms with Gasteiger partial charge in [-0.15, -0.1) is 0 Å². The Morgan fingerprint density at radius 2 is 1.96 bits per heavy atom. The summed E-state index contributed by atoms with van der Waals surface area (Å²) in [5.74, 6) is 0.860. The largest absolute Gasteiger partial charge is 0.396 e. The average Bonchev–Trinajstić information content (AvgIpc) is 2.67. The van der Waals surface area contributed by atoms with Gasteiger partial charge in [0.25, 0.3) is 0 Å². The van der Waals surface area contributed by atoms with E-state index in [9.17, 15) is 5.11 Å². The molecule has 0 saturated carbocycles. The van der Waals surface area contributed by atoms with E-state index in [0.29, 0.717) is 12.6 Å². The highest BCUT2D eigenvalue weighted by molar-refractivity contribution is 5.79. The molecule has 1 aromatic rings. The van der Waals surface area contributed by atoms with Gasteiger partial charge in [-0.1, -0.05) is 30.3 Å². The molecule has 3 N–H and O–H groups in total. The number of nitrogens with zero attached hydrogens (tertiary/aromatic N) is 2. The molecule has 2 rings (SSSR count). The van der Waals surface area contributed by atoms with E-state index in [-0.39, 0.29) is 12.5 Å². The summed E-state index contributed by atoms with van der Waals surface area (Å²) in [7, 11) is 0. The van der Waals surface area contributed by atoms with Crippen molar-refractivity contribution in [3.63, 3.8) is 0 Å². The number of rotatable bonds is 8. The van der Waals surface area contributed by atoms with Gasteiger partial charge >= 0.3 is 0 Å². The first-order chi connectivity index (χ1) is 12.2. The molecule has 0 bridgehead atoms. The van der Waals surface area contributed by atoms with Crippen LogP contribution in [0.25, 0.3) is 0 Å². The number of guanidine groups is 1. The summed E-state index contributed by atoms with van der Waals surface area (Å²) in [5, 5.41) is 16.3. The number of hydrogen-bond donors (Lipinski definition) is 3. The predicted octanol–water partition coefficient (Wildman–Crippen LogP) is 1.04. The molecule has 25 heavy (non-hydrogen) atoms. The molecule has 0 amide bonds.